The molecule has 0 aromatic carbocycles. The van der Waals surface area contributed by atoms with Gasteiger partial charge in [-0.05, 0) is 26.0 Å². The Hall–Kier alpha value is -1.91. The highest BCUT2D eigenvalue weighted by Gasteiger charge is 2.16. The quantitative estimate of drug-likeness (QED) is 0.707. The van der Waals surface area contributed by atoms with Crippen LogP contribution < -0.4 is 0 Å². The van der Waals surface area contributed by atoms with Crippen molar-refractivity contribution in [2.24, 2.45) is 14.1 Å². The van der Waals surface area contributed by atoms with Gasteiger partial charge in [-0.2, -0.15) is 10.2 Å². The maximum Gasteiger partial charge on any atom is 0.233 e. The summed E-state index contributed by atoms with van der Waals surface area (Å²) in [5.41, 5.74) is 2.79. The fourth-order valence-corrected chi connectivity index (χ4v) is 1.47. The summed E-state index contributed by atoms with van der Waals surface area (Å²) in [6, 6.07) is 3.54. The molecule has 2 aromatic heterocycles. The van der Waals surface area contributed by atoms with E-state index in [-0.39, 0.29) is 5.78 Å². The van der Waals surface area contributed by atoms with Crippen LogP contribution in [0.2, 0.25) is 0 Å². The largest absolute Gasteiger partial charge is 0.285 e. The van der Waals surface area contributed by atoms with Crippen LogP contribution in [-0.2, 0) is 14.1 Å². The van der Waals surface area contributed by atoms with Gasteiger partial charge in [0.15, 0.2) is 0 Å². The van der Waals surface area contributed by atoms with Crippen LogP contribution in [0.1, 0.15) is 27.6 Å². The van der Waals surface area contributed by atoms with Gasteiger partial charge in [-0.25, -0.2) is 0 Å². The van der Waals surface area contributed by atoms with Gasteiger partial charge in [0.25, 0.3) is 0 Å². The standard InChI is InChI=1S/C11H14N4O/c1-7-5-9(12-14(7)3)11(16)10-6-8(2)15(4)13-10/h5-6H,1-4H3. The summed E-state index contributed by atoms with van der Waals surface area (Å²) in [4.78, 5) is 12.0. The second kappa shape index (κ2) is 3.59. The lowest BCUT2D eigenvalue weighted by atomic mass is 10.2. The van der Waals surface area contributed by atoms with Gasteiger partial charge in [0.2, 0.25) is 5.78 Å². The first-order valence-corrected chi connectivity index (χ1v) is 5.05. The van der Waals surface area contributed by atoms with Gasteiger partial charge in [-0.3, -0.25) is 14.2 Å². The van der Waals surface area contributed by atoms with Crippen LogP contribution in [0.5, 0.6) is 0 Å². The molecular formula is C11H14N4O. The van der Waals surface area contributed by atoms with Crippen LogP contribution in [0.4, 0.5) is 0 Å². The molecule has 0 radical (unpaired) electrons. The van der Waals surface area contributed by atoms with E-state index in [4.69, 9.17) is 0 Å². The molecule has 0 aliphatic heterocycles. The molecule has 84 valence electrons. The molecule has 0 saturated carbocycles. The number of nitrogens with zero attached hydrogens (tertiary/aromatic N) is 4. The van der Waals surface area contributed by atoms with E-state index in [0.29, 0.717) is 11.4 Å². The summed E-state index contributed by atoms with van der Waals surface area (Å²) in [5.74, 6) is -0.132. The highest BCUT2D eigenvalue weighted by molar-refractivity contribution is 6.06. The second-order valence-corrected chi connectivity index (χ2v) is 3.92. The van der Waals surface area contributed by atoms with Gasteiger partial charge < -0.3 is 0 Å². The Bertz CT molecular complexity index is 463. The topological polar surface area (TPSA) is 52.7 Å². The van der Waals surface area contributed by atoms with Crippen molar-refractivity contribution in [3.8, 4) is 0 Å². The zero-order valence-electron chi connectivity index (χ0n) is 9.85. The summed E-state index contributed by atoms with van der Waals surface area (Å²) in [5, 5.41) is 8.29. The molecule has 2 heterocycles. The van der Waals surface area contributed by atoms with Gasteiger partial charge in [-0.15, -0.1) is 0 Å². The van der Waals surface area contributed by atoms with Gasteiger partial charge in [0, 0.05) is 25.5 Å². The Morgan fingerprint density at radius 3 is 1.62 bits per heavy atom. The van der Waals surface area contributed by atoms with E-state index >= 15 is 0 Å². The van der Waals surface area contributed by atoms with Crippen molar-refractivity contribution in [3.05, 3.63) is 34.9 Å². The predicted molar refractivity (Wildman–Crippen MR) is 59.3 cm³/mol. The van der Waals surface area contributed by atoms with Crippen molar-refractivity contribution in [1.29, 1.82) is 0 Å². The molecule has 16 heavy (non-hydrogen) atoms. The third kappa shape index (κ3) is 1.64. The summed E-state index contributed by atoms with van der Waals surface area (Å²) >= 11 is 0. The molecule has 0 amide bonds. The molecule has 5 heteroatoms. The van der Waals surface area contributed by atoms with Crippen LogP contribution in [0, 0.1) is 13.8 Å². The van der Waals surface area contributed by atoms with E-state index in [2.05, 4.69) is 10.2 Å². The van der Waals surface area contributed by atoms with E-state index in [1.165, 1.54) is 0 Å². The Morgan fingerprint density at radius 1 is 1.00 bits per heavy atom. The third-order valence-corrected chi connectivity index (χ3v) is 2.69. The molecule has 0 aliphatic carbocycles. The Morgan fingerprint density at radius 2 is 1.38 bits per heavy atom. The van der Waals surface area contributed by atoms with E-state index in [0.717, 1.165) is 11.4 Å². The van der Waals surface area contributed by atoms with E-state index in [9.17, 15) is 4.79 Å². The minimum Gasteiger partial charge on any atom is -0.285 e. The molecule has 0 spiro atoms. The van der Waals surface area contributed by atoms with Crippen LogP contribution in [0.3, 0.4) is 0 Å². The summed E-state index contributed by atoms with van der Waals surface area (Å²) in [7, 11) is 3.63. The average molecular weight is 218 g/mol. The minimum atomic E-state index is -0.132. The fourth-order valence-electron chi connectivity index (χ4n) is 1.47. The highest BCUT2D eigenvalue weighted by Crippen LogP contribution is 2.09. The van der Waals surface area contributed by atoms with E-state index in [1.54, 1.807) is 21.5 Å². The van der Waals surface area contributed by atoms with Gasteiger partial charge in [-0.1, -0.05) is 0 Å². The Labute approximate surface area is 93.7 Å². The van der Waals surface area contributed by atoms with Crippen molar-refractivity contribution in [2.45, 2.75) is 13.8 Å². The maximum atomic E-state index is 12.0. The number of hydrogen-bond acceptors (Lipinski definition) is 3. The molecule has 5 nitrogen and oxygen atoms in total. The van der Waals surface area contributed by atoms with Crippen molar-refractivity contribution in [2.75, 3.05) is 0 Å². The summed E-state index contributed by atoms with van der Waals surface area (Å²) < 4.78 is 3.37. The fraction of sp³-hybridized carbons (Fsp3) is 0.364. The second-order valence-electron chi connectivity index (χ2n) is 3.92. The van der Waals surface area contributed by atoms with Crippen LogP contribution in [0.25, 0.3) is 0 Å². The molecule has 0 atom stereocenters. The molecule has 2 aromatic rings. The zero-order valence-corrected chi connectivity index (χ0v) is 9.85. The van der Waals surface area contributed by atoms with Gasteiger partial charge in [0.1, 0.15) is 11.4 Å². The molecule has 0 saturated heterocycles. The van der Waals surface area contributed by atoms with Crippen LogP contribution >= 0.6 is 0 Å². The SMILES string of the molecule is Cc1cc(C(=O)c2cc(C)n(C)n2)nn1C. The van der Waals surface area contributed by atoms with Crippen LogP contribution in [0.15, 0.2) is 12.1 Å². The normalized spacial score (nSPS) is 10.8. The first kappa shape index (κ1) is 10.6. The lowest BCUT2D eigenvalue weighted by Crippen LogP contribution is -2.05. The number of ketones is 1. The smallest absolute Gasteiger partial charge is 0.233 e. The van der Waals surface area contributed by atoms with E-state index in [1.807, 2.05) is 27.9 Å². The Kier molecular flexibility index (Phi) is 2.38. The third-order valence-electron chi connectivity index (χ3n) is 2.69. The van der Waals surface area contributed by atoms with Crippen molar-refractivity contribution >= 4 is 5.78 Å². The number of aryl methyl sites for hydroxylation is 4. The lowest BCUT2D eigenvalue weighted by molar-refractivity contribution is 0.102. The number of aromatic nitrogens is 4. The van der Waals surface area contributed by atoms with Gasteiger partial charge >= 0.3 is 0 Å². The van der Waals surface area contributed by atoms with Crippen molar-refractivity contribution in [3.63, 3.8) is 0 Å². The Balaban J connectivity index is 2.38. The first-order chi connectivity index (χ1) is 7.49. The zero-order chi connectivity index (χ0) is 11.9. The molecule has 0 aliphatic rings. The van der Waals surface area contributed by atoms with Crippen molar-refractivity contribution in [1.82, 2.24) is 19.6 Å². The van der Waals surface area contributed by atoms with Gasteiger partial charge in [0.05, 0.1) is 0 Å². The van der Waals surface area contributed by atoms with E-state index < -0.39 is 0 Å². The number of carbonyl (C=O) groups is 1. The highest BCUT2D eigenvalue weighted by atomic mass is 16.1. The number of carbonyl (C=O) groups excluding carboxylic acids is 1. The van der Waals surface area contributed by atoms with Crippen LogP contribution in [-0.4, -0.2) is 25.3 Å². The molecule has 2 rings (SSSR count). The molecule has 0 fully saturated rings. The number of hydrogen-bond donors (Lipinski definition) is 0. The molecule has 0 N–H and O–H groups in total. The van der Waals surface area contributed by atoms with Crippen molar-refractivity contribution < 1.29 is 4.79 Å². The number of rotatable bonds is 2. The molecular weight excluding hydrogens is 204 g/mol. The summed E-state index contributed by atoms with van der Waals surface area (Å²) in [6.45, 7) is 3.82. The predicted octanol–water partition coefficient (Wildman–Crippen LogP) is 1.00. The average Bonchev–Trinajstić information content (AvgIpc) is 2.72. The minimum absolute atomic E-state index is 0.132. The maximum absolute atomic E-state index is 12.0. The first-order valence-electron chi connectivity index (χ1n) is 5.05. The molecule has 0 bridgehead atoms. The summed E-state index contributed by atoms with van der Waals surface area (Å²) in [6.07, 6.45) is 0. The molecule has 0 unspecified atom stereocenters. The lowest BCUT2D eigenvalue weighted by Gasteiger charge is -1.91. The monoisotopic (exact) mass is 218 g/mol.